The van der Waals surface area contributed by atoms with Crippen LogP contribution in [0.4, 0.5) is 11.5 Å². The van der Waals surface area contributed by atoms with Gasteiger partial charge in [-0.15, -0.1) is 5.10 Å². The molecule has 2 aromatic heterocycles. The minimum Gasteiger partial charge on any atom is -0.378 e. The third-order valence-electron chi connectivity index (χ3n) is 3.83. The molecule has 0 saturated carbocycles. The number of nitro groups is 1. The fraction of sp³-hybridized carbons (Fsp3) is 0.286. The quantitative estimate of drug-likeness (QED) is 0.516. The van der Waals surface area contributed by atoms with E-state index in [0.717, 1.165) is 0 Å². The summed E-state index contributed by atoms with van der Waals surface area (Å²) in [6.07, 6.45) is 1.31. The zero-order valence-corrected chi connectivity index (χ0v) is 12.6. The average molecular weight is 327 g/mol. The second-order valence-corrected chi connectivity index (χ2v) is 5.22. The average Bonchev–Trinajstić information content (AvgIpc) is 3.05. The maximum absolute atomic E-state index is 11.7. The fourth-order valence-electron chi connectivity index (χ4n) is 2.71. The van der Waals surface area contributed by atoms with Crippen LogP contribution in [0.3, 0.4) is 0 Å². The molecule has 4 rings (SSSR count). The van der Waals surface area contributed by atoms with Crippen molar-refractivity contribution in [3.8, 4) is 5.82 Å². The number of nitrogens with zero attached hydrogens (tertiary/aromatic N) is 7. The van der Waals surface area contributed by atoms with Crippen molar-refractivity contribution in [3.63, 3.8) is 0 Å². The summed E-state index contributed by atoms with van der Waals surface area (Å²) in [6.45, 7) is 2.08. The Labute approximate surface area is 135 Å². The molecule has 1 fully saturated rings. The van der Waals surface area contributed by atoms with E-state index in [2.05, 4.69) is 20.3 Å². The molecule has 10 nitrogen and oxygen atoms in total. The Hall–Kier alpha value is -3.14. The summed E-state index contributed by atoms with van der Waals surface area (Å²) >= 11 is 0. The molecule has 122 valence electrons. The van der Waals surface area contributed by atoms with E-state index in [0.29, 0.717) is 37.3 Å². The van der Waals surface area contributed by atoms with Gasteiger partial charge in [-0.2, -0.15) is 4.68 Å². The molecule has 3 aromatic rings. The Bertz CT molecular complexity index is 904. The molecule has 0 unspecified atom stereocenters. The number of rotatable bonds is 3. The Morgan fingerprint density at radius 3 is 2.67 bits per heavy atom. The number of anilines is 1. The van der Waals surface area contributed by atoms with Crippen molar-refractivity contribution in [2.24, 2.45) is 0 Å². The normalized spacial score (nSPS) is 14.9. The number of fused-ring (bicyclic) bond motifs is 1. The molecule has 0 bridgehead atoms. The van der Waals surface area contributed by atoms with Crippen LogP contribution in [0.5, 0.6) is 0 Å². The molecule has 0 aliphatic carbocycles. The molecule has 1 aromatic carbocycles. The number of hydrogen-bond acceptors (Lipinski definition) is 8. The number of para-hydroxylation sites is 1. The maximum Gasteiger partial charge on any atom is 0.355 e. The second-order valence-electron chi connectivity index (χ2n) is 5.22. The van der Waals surface area contributed by atoms with Crippen LogP contribution in [0.25, 0.3) is 16.9 Å². The highest BCUT2D eigenvalue weighted by Gasteiger charge is 2.30. The third-order valence-corrected chi connectivity index (χ3v) is 3.83. The van der Waals surface area contributed by atoms with Gasteiger partial charge in [0.15, 0.2) is 0 Å². The topological polar surface area (TPSA) is 112 Å². The lowest BCUT2D eigenvalue weighted by atomic mass is 10.3. The first-order valence-electron chi connectivity index (χ1n) is 7.38. The van der Waals surface area contributed by atoms with Crippen LogP contribution in [0, 0.1) is 10.1 Å². The maximum atomic E-state index is 11.7. The van der Waals surface area contributed by atoms with Crippen molar-refractivity contribution in [2.45, 2.75) is 0 Å². The van der Waals surface area contributed by atoms with Crippen LogP contribution in [0.2, 0.25) is 0 Å². The van der Waals surface area contributed by atoms with Gasteiger partial charge in [0, 0.05) is 13.1 Å². The number of ether oxygens (including phenoxy) is 1. The summed E-state index contributed by atoms with van der Waals surface area (Å²) in [6, 6.07) is 7.22. The lowest BCUT2D eigenvalue weighted by Crippen LogP contribution is -2.37. The highest BCUT2D eigenvalue weighted by molar-refractivity contribution is 5.77. The van der Waals surface area contributed by atoms with Gasteiger partial charge < -0.3 is 9.64 Å². The summed E-state index contributed by atoms with van der Waals surface area (Å²) in [5.74, 6) is 0.373. The predicted molar refractivity (Wildman–Crippen MR) is 84.1 cm³/mol. The Morgan fingerprint density at radius 2 is 1.88 bits per heavy atom. The van der Waals surface area contributed by atoms with E-state index in [9.17, 15) is 10.1 Å². The van der Waals surface area contributed by atoms with Crippen molar-refractivity contribution in [1.29, 1.82) is 0 Å². The van der Waals surface area contributed by atoms with E-state index in [-0.39, 0.29) is 17.3 Å². The van der Waals surface area contributed by atoms with Gasteiger partial charge in [0.25, 0.3) is 0 Å². The Morgan fingerprint density at radius 1 is 1.12 bits per heavy atom. The van der Waals surface area contributed by atoms with Crippen molar-refractivity contribution in [2.75, 3.05) is 31.2 Å². The van der Waals surface area contributed by atoms with Gasteiger partial charge in [-0.3, -0.25) is 10.1 Å². The van der Waals surface area contributed by atoms with Crippen LogP contribution >= 0.6 is 0 Å². The van der Waals surface area contributed by atoms with Crippen LogP contribution in [0.1, 0.15) is 0 Å². The Kier molecular flexibility index (Phi) is 3.50. The molecule has 0 N–H and O–H groups in total. The number of aromatic nitrogens is 5. The molecular formula is C14H13N7O3. The van der Waals surface area contributed by atoms with Gasteiger partial charge in [-0.1, -0.05) is 17.3 Å². The number of hydrogen-bond donors (Lipinski definition) is 0. The van der Waals surface area contributed by atoms with Gasteiger partial charge in [0.2, 0.25) is 11.6 Å². The molecular weight excluding hydrogens is 314 g/mol. The summed E-state index contributed by atoms with van der Waals surface area (Å²) in [4.78, 5) is 21.3. The van der Waals surface area contributed by atoms with E-state index in [1.807, 2.05) is 17.0 Å². The molecule has 0 spiro atoms. The van der Waals surface area contributed by atoms with E-state index >= 15 is 0 Å². The zero-order valence-electron chi connectivity index (χ0n) is 12.6. The summed E-state index contributed by atoms with van der Waals surface area (Å²) in [5, 5.41) is 19.8. The first-order valence-corrected chi connectivity index (χ1v) is 7.38. The molecule has 1 aliphatic heterocycles. The second kappa shape index (κ2) is 5.81. The largest absolute Gasteiger partial charge is 0.378 e. The molecule has 1 aliphatic rings. The summed E-state index contributed by atoms with van der Waals surface area (Å²) in [5.41, 5.74) is 1.10. The highest BCUT2D eigenvalue weighted by Crippen LogP contribution is 2.31. The van der Waals surface area contributed by atoms with Gasteiger partial charge in [0.1, 0.15) is 11.8 Å². The summed E-state index contributed by atoms with van der Waals surface area (Å²) in [7, 11) is 0. The smallest absolute Gasteiger partial charge is 0.355 e. The molecule has 3 heterocycles. The van der Waals surface area contributed by atoms with E-state index in [1.54, 1.807) is 12.1 Å². The number of morpholine rings is 1. The predicted octanol–water partition coefficient (Wildman–Crippen LogP) is 0.955. The highest BCUT2D eigenvalue weighted by atomic mass is 16.6. The molecule has 1 saturated heterocycles. The standard InChI is InChI=1S/C14H13N7O3/c22-21(23)12-13(19-5-7-24-8-6-19)15-9-16-14(12)20-11-4-2-1-3-10(11)17-18-20/h1-4,9H,5-8H2. The van der Waals surface area contributed by atoms with Crippen LogP contribution in [-0.2, 0) is 4.74 Å². The number of benzene rings is 1. The van der Waals surface area contributed by atoms with Crippen molar-refractivity contribution >= 4 is 22.5 Å². The Balaban J connectivity index is 1.90. The molecule has 10 heteroatoms. The van der Waals surface area contributed by atoms with Crippen molar-refractivity contribution in [1.82, 2.24) is 25.0 Å². The molecule has 0 radical (unpaired) electrons. The van der Waals surface area contributed by atoms with Crippen LogP contribution in [-0.4, -0.2) is 56.2 Å². The van der Waals surface area contributed by atoms with E-state index in [1.165, 1.54) is 11.0 Å². The van der Waals surface area contributed by atoms with Gasteiger partial charge in [-0.25, -0.2) is 9.97 Å². The van der Waals surface area contributed by atoms with Crippen LogP contribution in [0.15, 0.2) is 30.6 Å². The van der Waals surface area contributed by atoms with Crippen LogP contribution < -0.4 is 4.90 Å². The monoisotopic (exact) mass is 327 g/mol. The first kappa shape index (κ1) is 14.5. The summed E-state index contributed by atoms with van der Waals surface area (Å²) < 4.78 is 6.67. The van der Waals surface area contributed by atoms with Gasteiger partial charge in [-0.05, 0) is 12.1 Å². The minimum atomic E-state index is -0.476. The lowest BCUT2D eigenvalue weighted by molar-refractivity contribution is -0.384. The van der Waals surface area contributed by atoms with Crippen molar-refractivity contribution in [3.05, 3.63) is 40.7 Å². The lowest BCUT2D eigenvalue weighted by Gasteiger charge is -2.27. The zero-order chi connectivity index (χ0) is 16.5. The minimum absolute atomic E-state index is 0.102. The molecule has 0 amide bonds. The SMILES string of the molecule is O=[N+]([O-])c1c(N2CCOCC2)ncnc1-n1nnc2ccccc21. The van der Waals surface area contributed by atoms with E-state index < -0.39 is 4.92 Å². The van der Waals surface area contributed by atoms with Crippen molar-refractivity contribution < 1.29 is 9.66 Å². The third kappa shape index (κ3) is 2.33. The van der Waals surface area contributed by atoms with Gasteiger partial charge >= 0.3 is 5.69 Å². The molecule has 24 heavy (non-hydrogen) atoms. The fourth-order valence-corrected chi connectivity index (χ4v) is 2.71. The first-order chi connectivity index (χ1) is 11.8. The van der Waals surface area contributed by atoms with E-state index in [4.69, 9.17) is 4.74 Å². The molecule has 0 atom stereocenters. The van der Waals surface area contributed by atoms with Gasteiger partial charge in [0.05, 0.1) is 23.7 Å².